The summed E-state index contributed by atoms with van der Waals surface area (Å²) < 4.78 is 0. The molecule has 1 saturated heterocycles. The Labute approximate surface area is 122 Å². The molecule has 2 nitrogen and oxygen atoms in total. The fourth-order valence-electron chi connectivity index (χ4n) is 2.93. The molecular weight excluding hydrogens is 252 g/mol. The lowest BCUT2D eigenvalue weighted by molar-refractivity contribution is 0.111. The molecule has 2 atom stereocenters. The number of rotatable bonds is 3. The monoisotopic (exact) mass is 280 g/mol. The van der Waals surface area contributed by atoms with Crippen LogP contribution in [0.15, 0.2) is 12.1 Å². The highest BCUT2D eigenvalue weighted by atomic mass is 32.1. The fourth-order valence-corrected chi connectivity index (χ4v) is 4.13. The van der Waals surface area contributed by atoms with E-state index < -0.39 is 0 Å². The first kappa shape index (κ1) is 15.0. The maximum absolute atomic E-state index is 6.08. The molecule has 0 spiro atoms. The van der Waals surface area contributed by atoms with Crippen molar-refractivity contribution in [2.24, 2.45) is 5.73 Å². The van der Waals surface area contributed by atoms with Crippen LogP contribution in [-0.2, 0) is 5.41 Å². The van der Waals surface area contributed by atoms with Crippen molar-refractivity contribution in [3.05, 3.63) is 21.9 Å². The molecule has 108 valence electrons. The van der Waals surface area contributed by atoms with Gasteiger partial charge in [-0.25, -0.2) is 0 Å². The Hall–Kier alpha value is -0.380. The van der Waals surface area contributed by atoms with E-state index in [1.54, 1.807) is 0 Å². The molecule has 1 aliphatic heterocycles. The molecule has 1 aromatic heterocycles. The van der Waals surface area contributed by atoms with Crippen LogP contribution < -0.4 is 5.73 Å². The number of hydrogen-bond acceptors (Lipinski definition) is 3. The number of nitrogens with zero attached hydrogens (tertiary/aromatic N) is 1. The van der Waals surface area contributed by atoms with Gasteiger partial charge in [0.05, 0.1) is 6.04 Å². The van der Waals surface area contributed by atoms with Crippen LogP contribution in [0.1, 0.15) is 62.8 Å². The normalized spacial score (nSPS) is 23.5. The van der Waals surface area contributed by atoms with Crippen LogP contribution in [0.3, 0.4) is 0 Å². The maximum atomic E-state index is 6.08. The van der Waals surface area contributed by atoms with E-state index in [0.717, 1.165) is 6.54 Å². The van der Waals surface area contributed by atoms with E-state index in [1.165, 1.54) is 35.6 Å². The molecule has 1 aromatic rings. The molecular formula is C16H28N2S. The Morgan fingerprint density at radius 3 is 2.63 bits per heavy atom. The predicted octanol–water partition coefficient (Wildman–Crippen LogP) is 3.92. The SMILES string of the molecule is CC1CCCCN1C(CN)c1ccc(C(C)(C)C)s1. The summed E-state index contributed by atoms with van der Waals surface area (Å²) in [7, 11) is 0. The summed E-state index contributed by atoms with van der Waals surface area (Å²) in [5.74, 6) is 0. The second-order valence-electron chi connectivity index (χ2n) is 6.79. The second kappa shape index (κ2) is 5.94. The molecule has 19 heavy (non-hydrogen) atoms. The third-order valence-corrected chi connectivity index (χ3v) is 5.78. The summed E-state index contributed by atoms with van der Waals surface area (Å²) in [6.45, 7) is 11.1. The first-order valence-electron chi connectivity index (χ1n) is 7.49. The van der Waals surface area contributed by atoms with Gasteiger partial charge < -0.3 is 5.73 Å². The Bertz CT molecular complexity index is 405. The number of thiophene rings is 1. The van der Waals surface area contributed by atoms with Gasteiger partial charge in [0, 0.05) is 22.3 Å². The van der Waals surface area contributed by atoms with Crippen molar-refractivity contribution in [2.75, 3.05) is 13.1 Å². The minimum absolute atomic E-state index is 0.246. The van der Waals surface area contributed by atoms with Crippen molar-refractivity contribution in [2.45, 2.75) is 64.5 Å². The van der Waals surface area contributed by atoms with Gasteiger partial charge >= 0.3 is 0 Å². The molecule has 1 fully saturated rings. The van der Waals surface area contributed by atoms with Crippen molar-refractivity contribution in [1.82, 2.24) is 4.90 Å². The first-order chi connectivity index (χ1) is 8.93. The van der Waals surface area contributed by atoms with Crippen molar-refractivity contribution in [3.63, 3.8) is 0 Å². The molecule has 0 bridgehead atoms. The quantitative estimate of drug-likeness (QED) is 0.909. The first-order valence-corrected chi connectivity index (χ1v) is 8.31. The van der Waals surface area contributed by atoms with Gasteiger partial charge in [-0.15, -0.1) is 11.3 Å². The number of hydrogen-bond donors (Lipinski definition) is 1. The molecule has 0 aromatic carbocycles. The summed E-state index contributed by atoms with van der Waals surface area (Å²) >= 11 is 1.95. The van der Waals surface area contributed by atoms with Crippen molar-refractivity contribution < 1.29 is 0 Å². The summed E-state index contributed by atoms with van der Waals surface area (Å²) in [5, 5.41) is 0. The summed E-state index contributed by atoms with van der Waals surface area (Å²) in [6.07, 6.45) is 4.00. The van der Waals surface area contributed by atoms with E-state index >= 15 is 0 Å². The number of nitrogens with two attached hydrogens (primary N) is 1. The predicted molar refractivity (Wildman–Crippen MR) is 84.8 cm³/mol. The van der Waals surface area contributed by atoms with Gasteiger partial charge in [-0.1, -0.05) is 27.2 Å². The Morgan fingerprint density at radius 2 is 2.11 bits per heavy atom. The molecule has 2 N–H and O–H groups in total. The topological polar surface area (TPSA) is 29.3 Å². The molecule has 2 heterocycles. The van der Waals surface area contributed by atoms with Gasteiger partial charge in [-0.3, -0.25) is 4.90 Å². The average Bonchev–Trinajstić information content (AvgIpc) is 2.82. The van der Waals surface area contributed by atoms with E-state index in [4.69, 9.17) is 5.73 Å². The smallest absolute Gasteiger partial charge is 0.0566 e. The molecule has 2 unspecified atom stereocenters. The Morgan fingerprint density at radius 1 is 1.37 bits per heavy atom. The zero-order chi connectivity index (χ0) is 14.0. The molecule has 0 aliphatic carbocycles. The van der Waals surface area contributed by atoms with E-state index in [9.17, 15) is 0 Å². The van der Waals surface area contributed by atoms with E-state index in [1.807, 2.05) is 11.3 Å². The number of likely N-dealkylation sites (tertiary alicyclic amines) is 1. The van der Waals surface area contributed by atoms with Crippen molar-refractivity contribution >= 4 is 11.3 Å². The highest BCUT2D eigenvalue weighted by molar-refractivity contribution is 7.12. The molecule has 0 saturated carbocycles. The van der Waals surface area contributed by atoms with Crippen LogP contribution in [0, 0.1) is 0 Å². The lowest BCUT2D eigenvalue weighted by Gasteiger charge is -2.38. The van der Waals surface area contributed by atoms with Gasteiger partial charge in [0.2, 0.25) is 0 Å². The van der Waals surface area contributed by atoms with Crippen molar-refractivity contribution in [3.8, 4) is 0 Å². The summed E-state index contributed by atoms with van der Waals surface area (Å²) in [6, 6.07) is 5.67. The van der Waals surface area contributed by atoms with Gasteiger partial charge in [0.15, 0.2) is 0 Å². The molecule has 0 amide bonds. The van der Waals surface area contributed by atoms with Gasteiger partial charge in [-0.05, 0) is 43.9 Å². The lowest BCUT2D eigenvalue weighted by atomic mass is 9.95. The van der Waals surface area contributed by atoms with E-state index in [0.29, 0.717) is 12.1 Å². The van der Waals surface area contributed by atoms with Gasteiger partial charge in [0.1, 0.15) is 0 Å². The Kier molecular flexibility index (Phi) is 4.70. The minimum atomic E-state index is 0.246. The summed E-state index contributed by atoms with van der Waals surface area (Å²) in [5.41, 5.74) is 6.33. The maximum Gasteiger partial charge on any atom is 0.0566 e. The lowest BCUT2D eigenvalue weighted by Crippen LogP contribution is -2.42. The summed E-state index contributed by atoms with van der Waals surface area (Å²) in [4.78, 5) is 5.52. The second-order valence-corrected chi connectivity index (χ2v) is 7.90. The standard InChI is InChI=1S/C16H28N2S/c1-12-7-5-6-10-18(12)13(11-17)14-8-9-15(19-14)16(2,3)4/h8-9,12-13H,5-7,10-11,17H2,1-4H3. The average molecular weight is 280 g/mol. The third-order valence-electron chi connectivity index (χ3n) is 4.17. The highest BCUT2D eigenvalue weighted by Gasteiger charge is 2.28. The largest absolute Gasteiger partial charge is 0.329 e. The van der Waals surface area contributed by atoms with Crippen LogP contribution >= 0.6 is 11.3 Å². The van der Waals surface area contributed by atoms with Crippen LogP contribution in [-0.4, -0.2) is 24.0 Å². The molecule has 3 heteroatoms. The van der Waals surface area contributed by atoms with Crippen LogP contribution in [0.5, 0.6) is 0 Å². The van der Waals surface area contributed by atoms with E-state index in [2.05, 4.69) is 44.7 Å². The van der Waals surface area contributed by atoms with Gasteiger partial charge in [-0.2, -0.15) is 0 Å². The number of piperidine rings is 1. The molecule has 2 rings (SSSR count). The molecule has 1 aliphatic rings. The fraction of sp³-hybridized carbons (Fsp3) is 0.750. The zero-order valence-corrected chi connectivity index (χ0v) is 13.6. The Balaban J connectivity index is 2.19. The molecule has 0 radical (unpaired) electrons. The van der Waals surface area contributed by atoms with Crippen LogP contribution in [0.2, 0.25) is 0 Å². The van der Waals surface area contributed by atoms with Crippen LogP contribution in [0.25, 0.3) is 0 Å². The third kappa shape index (κ3) is 3.39. The minimum Gasteiger partial charge on any atom is -0.329 e. The highest BCUT2D eigenvalue weighted by Crippen LogP contribution is 2.36. The van der Waals surface area contributed by atoms with Gasteiger partial charge in [0.25, 0.3) is 0 Å². The van der Waals surface area contributed by atoms with Crippen LogP contribution in [0.4, 0.5) is 0 Å². The van der Waals surface area contributed by atoms with Crippen molar-refractivity contribution in [1.29, 1.82) is 0 Å². The zero-order valence-electron chi connectivity index (χ0n) is 12.8. The van der Waals surface area contributed by atoms with E-state index in [-0.39, 0.29) is 5.41 Å².